The topological polar surface area (TPSA) is 41.6 Å². The van der Waals surface area contributed by atoms with E-state index in [9.17, 15) is 4.79 Å². The van der Waals surface area contributed by atoms with Crippen LogP contribution >= 0.6 is 34.8 Å². The number of thiocarbonyl (C=S) groups is 1. The number of hydrogen-bond donors (Lipinski definition) is 1. The number of hydrogen-bond acceptors (Lipinski definition) is 3. The fraction of sp³-hybridized carbons (Fsp3) is 0.263. The van der Waals surface area contributed by atoms with E-state index in [1.165, 1.54) is 0 Å². The van der Waals surface area contributed by atoms with Gasteiger partial charge in [0.2, 0.25) is 0 Å². The van der Waals surface area contributed by atoms with E-state index < -0.39 is 0 Å². The molecule has 0 aliphatic heterocycles. The van der Waals surface area contributed by atoms with Crippen LogP contribution in [0.4, 0.5) is 0 Å². The minimum Gasteiger partial charge on any atom is -0.496 e. The van der Waals surface area contributed by atoms with Crippen molar-refractivity contribution >= 4 is 45.8 Å². The minimum atomic E-state index is -0.209. The van der Waals surface area contributed by atoms with Crippen LogP contribution < -0.4 is 10.1 Å². The van der Waals surface area contributed by atoms with E-state index >= 15 is 0 Å². The highest BCUT2D eigenvalue weighted by atomic mass is 127. The van der Waals surface area contributed by atoms with E-state index in [0.717, 1.165) is 27.8 Å². The number of rotatable bonds is 6. The summed E-state index contributed by atoms with van der Waals surface area (Å²) in [6, 6.07) is 15.4. The van der Waals surface area contributed by atoms with Crippen molar-refractivity contribution < 1.29 is 9.53 Å². The van der Waals surface area contributed by atoms with Crippen molar-refractivity contribution in [1.82, 2.24) is 10.2 Å². The van der Waals surface area contributed by atoms with Crippen LogP contribution in [0.15, 0.2) is 48.5 Å². The molecule has 132 valence electrons. The van der Waals surface area contributed by atoms with Gasteiger partial charge in [-0.2, -0.15) is 0 Å². The van der Waals surface area contributed by atoms with Gasteiger partial charge >= 0.3 is 0 Å². The molecule has 0 bridgehead atoms. The number of methoxy groups -OCH3 is 1. The number of carbonyl (C=O) groups is 1. The fourth-order valence-corrected chi connectivity index (χ4v) is 3.37. The monoisotopic (exact) mass is 468 g/mol. The van der Waals surface area contributed by atoms with Gasteiger partial charge in [-0.05, 0) is 65.0 Å². The fourth-order valence-electron chi connectivity index (χ4n) is 2.38. The van der Waals surface area contributed by atoms with Crippen LogP contribution in [0.2, 0.25) is 0 Å². The maximum absolute atomic E-state index is 12.5. The zero-order valence-electron chi connectivity index (χ0n) is 14.3. The first-order valence-electron chi connectivity index (χ1n) is 8.03. The first-order valence-corrected chi connectivity index (χ1v) is 9.51. The smallest absolute Gasteiger partial charge is 0.257 e. The third kappa shape index (κ3) is 5.67. The standard InChI is InChI=1S/C19H21IN2O2S/c1-3-11-22(13-14-7-5-4-6-8-14)19(25)21-18(23)15-9-10-17(24-2)16(20)12-15/h4-10,12H,3,11,13H2,1-2H3,(H,21,23,25). The van der Waals surface area contributed by atoms with E-state index in [4.69, 9.17) is 17.0 Å². The SMILES string of the molecule is CCCN(Cc1ccccc1)C(=S)NC(=O)c1ccc(OC)c(I)c1. The molecule has 2 aromatic rings. The Hall–Kier alpha value is -1.67. The van der Waals surface area contributed by atoms with E-state index in [1.54, 1.807) is 25.3 Å². The Morgan fingerprint density at radius 1 is 1.24 bits per heavy atom. The summed E-state index contributed by atoms with van der Waals surface area (Å²) in [5.74, 6) is 0.538. The molecule has 0 spiro atoms. The number of amides is 1. The first-order chi connectivity index (χ1) is 12.0. The summed E-state index contributed by atoms with van der Waals surface area (Å²) < 4.78 is 6.11. The minimum absolute atomic E-state index is 0.209. The van der Waals surface area contributed by atoms with Crippen molar-refractivity contribution in [3.63, 3.8) is 0 Å². The largest absolute Gasteiger partial charge is 0.496 e. The maximum atomic E-state index is 12.5. The van der Waals surface area contributed by atoms with Crippen LogP contribution in [0, 0.1) is 3.57 Å². The van der Waals surface area contributed by atoms with E-state index in [0.29, 0.717) is 17.2 Å². The molecule has 0 saturated carbocycles. The molecule has 1 N–H and O–H groups in total. The Bertz CT molecular complexity index is 737. The predicted octanol–water partition coefficient (Wildman–Crippen LogP) is 4.23. The summed E-state index contributed by atoms with van der Waals surface area (Å²) in [5.41, 5.74) is 1.72. The van der Waals surface area contributed by atoms with E-state index in [2.05, 4.69) is 47.0 Å². The molecule has 0 radical (unpaired) electrons. The van der Waals surface area contributed by atoms with Gasteiger partial charge in [-0.3, -0.25) is 10.1 Å². The van der Waals surface area contributed by atoms with Crippen molar-refractivity contribution in [2.24, 2.45) is 0 Å². The Balaban J connectivity index is 2.06. The van der Waals surface area contributed by atoms with Crippen LogP contribution in [0.5, 0.6) is 5.75 Å². The van der Waals surface area contributed by atoms with Gasteiger partial charge in [0.25, 0.3) is 5.91 Å². The molecule has 2 aromatic carbocycles. The van der Waals surface area contributed by atoms with Gasteiger partial charge < -0.3 is 9.64 Å². The lowest BCUT2D eigenvalue weighted by molar-refractivity contribution is 0.0973. The summed E-state index contributed by atoms with van der Waals surface area (Å²) in [4.78, 5) is 14.5. The van der Waals surface area contributed by atoms with Crippen molar-refractivity contribution in [1.29, 1.82) is 0 Å². The molecule has 0 unspecified atom stereocenters. The number of carbonyl (C=O) groups excluding carboxylic acids is 1. The van der Waals surface area contributed by atoms with Crippen LogP contribution in [0.3, 0.4) is 0 Å². The molecule has 0 aliphatic rings. The Morgan fingerprint density at radius 3 is 2.56 bits per heavy atom. The molecule has 2 rings (SSSR count). The molecular weight excluding hydrogens is 447 g/mol. The highest BCUT2D eigenvalue weighted by Gasteiger charge is 2.15. The van der Waals surface area contributed by atoms with E-state index in [-0.39, 0.29) is 5.91 Å². The molecule has 0 fully saturated rings. The van der Waals surface area contributed by atoms with Gasteiger partial charge in [0.15, 0.2) is 5.11 Å². The second-order valence-corrected chi connectivity index (χ2v) is 7.06. The van der Waals surface area contributed by atoms with Crippen molar-refractivity contribution in [3.05, 3.63) is 63.2 Å². The zero-order valence-corrected chi connectivity index (χ0v) is 17.3. The predicted molar refractivity (Wildman–Crippen MR) is 113 cm³/mol. The van der Waals surface area contributed by atoms with Gasteiger partial charge in [0.1, 0.15) is 5.75 Å². The maximum Gasteiger partial charge on any atom is 0.257 e. The average Bonchev–Trinajstić information content (AvgIpc) is 2.62. The lowest BCUT2D eigenvalue weighted by Gasteiger charge is -2.25. The zero-order chi connectivity index (χ0) is 18.2. The Kier molecular flexibility index (Phi) is 7.64. The molecule has 1 amide bonds. The van der Waals surface area contributed by atoms with Gasteiger partial charge in [-0.15, -0.1) is 0 Å². The summed E-state index contributed by atoms with van der Waals surface area (Å²) in [7, 11) is 1.61. The number of halogens is 1. The van der Waals surface area contributed by atoms with E-state index in [1.807, 2.05) is 23.1 Å². The highest BCUT2D eigenvalue weighted by molar-refractivity contribution is 14.1. The van der Waals surface area contributed by atoms with Crippen molar-refractivity contribution in [2.45, 2.75) is 19.9 Å². The van der Waals surface area contributed by atoms with Crippen molar-refractivity contribution in [2.75, 3.05) is 13.7 Å². The Morgan fingerprint density at radius 2 is 1.96 bits per heavy atom. The molecule has 0 aromatic heterocycles. The molecule has 6 heteroatoms. The lowest BCUT2D eigenvalue weighted by Crippen LogP contribution is -2.42. The van der Waals surface area contributed by atoms with Gasteiger partial charge in [0.05, 0.1) is 10.7 Å². The molecule has 4 nitrogen and oxygen atoms in total. The second kappa shape index (κ2) is 9.72. The lowest BCUT2D eigenvalue weighted by atomic mass is 10.2. The number of benzene rings is 2. The quantitative estimate of drug-likeness (QED) is 0.509. The summed E-state index contributed by atoms with van der Waals surface area (Å²) in [6.07, 6.45) is 0.948. The molecule has 0 saturated heterocycles. The number of nitrogens with one attached hydrogen (secondary N) is 1. The van der Waals surface area contributed by atoms with Crippen LogP contribution in [0.1, 0.15) is 29.3 Å². The number of ether oxygens (including phenoxy) is 1. The Labute approximate surface area is 167 Å². The molecule has 0 heterocycles. The normalized spacial score (nSPS) is 10.2. The molecule has 25 heavy (non-hydrogen) atoms. The first kappa shape index (κ1) is 19.7. The second-order valence-electron chi connectivity index (χ2n) is 5.52. The summed E-state index contributed by atoms with van der Waals surface area (Å²) >= 11 is 7.61. The van der Waals surface area contributed by atoms with Crippen LogP contribution in [-0.2, 0) is 6.54 Å². The third-order valence-electron chi connectivity index (χ3n) is 3.63. The summed E-state index contributed by atoms with van der Waals surface area (Å²) in [6.45, 7) is 3.55. The van der Waals surface area contributed by atoms with Crippen LogP contribution in [0.25, 0.3) is 0 Å². The molecule has 0 aliphatic carbocycles. The van der Waals surface area contributed by atoms with Gasteiger partial charge in [0, 0.05) is 18.7 Å². The molecular formula is C19H21IN2O2S. The number of nitrogens with zero attached hydrogens (tertiary/aromatic N) is 1. The molecule has 0 atom stereocenters. The van der Waals surface area contributed by atoms with Crippen molar-refractivity contribution in [3.8, 4) is 5.75 Å². The average molecular weight is 468 g/mol. The summed E-state index contributed by atoms with van der Waals surface area (Å²) in [5, 5.41) is 3.29. The van der Waals surface area contributed by atoms with Crippen LogP contribution in [-0.4, -0.2) is 29.6 Å². The highest BCUT2D eigenvalue weighted by Crippen LogP contribution is 2.21. The van der Waals surface area contributed by atoms with Gasteiger partial charge in [-0.1, -0.05) is 37.3 Å². The third-order valence-corrected chi connectivity index (χ3v) is 4.83. The van der Waals surface area contributed by atoms with Gasteiger partial charge in [-0.25, -0.2) is 0 Å².